The topological polar surface area (TPSA) is 78.9 Å². The summed E-state index contributed by atoms with van der Waals surface area (Å²) in [5.74, 6) is -1.02. The van der Waals surface area contributed by atoms with Crippen LogP contribution in [0.25, 0.3) is 0 Å². The van der Waals surface area contributed by atoms with E-state index in [0.717, 1.165) is 141 Å². The first kappa shape index (κ1) is 71.0. The van der Waals surface area contributed by atoms with Crippen LogP contribution in [0, 0.1) is 0 Å². The second-order valence-electron chi connectivity index (χ2n) is 19.5. The maximum Gasteiger partial charge on any atom is 0.306 e. The zero-order chi connectivity index (χ0) is 55.0. The van der Waals surface area contributed by atoms with Gasteiger partial charge in [0.2, 0.25) is 0 Å². The predicted octanol–water partition coefficient (Wildman–Crippen LogP) is 20.9. The monoisotopic (exact) mass is 1050 g/mol. The Kier molecular flexibility index (Phi) is 58.5. The van der Waals surface area contributed by atoms with Crippen molar-refractivity contribution in [1.82, 2.24) is 0 Å². The van der Waals surface area contributed by atoms with Gasteiger partial charge in [-0.05, 0) is 128 Å². The van der Waals surface area contributed by atoms with Crippen molar-refractivity contribution in [3.05, 3.63) is 158 Å². The molecule has 0 aliphatic carbocycles. The number of rotatable bonds is 53. The number of hydrogen-bond donors (Lipinski definition) is 0. The van der Waals surface area contributed by atoms with E-state index >= 15 is 0 Å². The first-order valence-corrected chi connectivity index (χ1v) is 30.5. The van der Waals surface area contributed by atoms with Gasteiger partial charge in [-0.1, -0.05) is 256 Å². The molecule has 0 rings (SSSR count). The Morgan fingerprint density at radius 1 is 0.276 bits per heavy atom. The molecule has 0 spiro atoms. The molecule has 0 heterocycles. The Labute approximate surface area is 467 Å². The van der Waals surface area contributed by atoms with Crippen LogP contribution in [0.4, 0.5) is 0 Å². The molecule has 0 N–H and O–H groups in total. The number of ether oxygens (including phenoxy) is 3. The molecule has 6 nitrogen and oxygen atoms in total. The smallest absolute Gasteiger partial charge is 0.306 e. The highest BCUT2D eigenvalue weighted by Gasteiger charge is 2.19. The average molecular weight is 1050 g/mol. The van der Waals surface area contributed by atoms with Crippen LogP contribution in [0.5, 0.6) is 0 Å². The van der Waals surface area contributed by atoms with Gasteiger partial charge in [0.05, 0.1) is 0 Å². The van der Waals surface area contributed by atoms with Crippen molar-refractivity contribution in [3.8, 4) is 0 Å². The maximum atomic E-state index is 12.8. The van der Waals surface area contributed by atoms with Crippen LogP contribution in [0.2, 0.25) is 0 Å². The molecular weight excluding hydrogens is 937 g/mol. The van der Waals surface area contributed by atoms with Crippen molar-refractivity contribution in [2.75, 3.05) is 13.2 Å². The summed E-state index contributed by atoms with van der Waals surface area (Å²) in [4.78, 5) is 38.0. The minimum absolute atomic E-state index is 0.117. The Morgan fingerprint density at radius 2 is 0.539 bits per heavy atom. The van der Waals surface area contributed by atoms with Gasteiger partial charge < -0.3 is 14.2 Å². The molecule has 1 unspecified atom stereocenters. The van der Waals surface area contributed by atoms with Gasteiger partial charge in [0.1, 0.15) is 13.2 Å². The van der Waals surface area contributed by atoms with Crippen molar-refractivity contribution in [3.63, 3.8) is 0 Å². The van der Waals surface area contributed by atoms with Gasteiger partial charge in [-0.15, -0.1) is 0 Å². The molecule has 0 aliphatic rings. The van der Waals surface area contributed by atoms with Crippen LogP contribution in [-0.4, -0.2) is 37.2 Å². The molecule has 0 radical (unpaired) electrons. The van der Waals surface area contributed by atoms with Crippen molar-refractivity contribution in [1.29, 1.82) is 0 Å². The summed E-state index contributed by atoms with van der Waals surface area (Å²) < 4.78 is 16.7. The second-order valence-corrected chi connectivity index (χ2v) is 19.5. The highest BCUT2D eigenvalue weighted by molar-refractivity contribution is 5.71. The van der Waals surface area contributed by atoms with Crippen molar-refractivity contribution in [2.24, 2.45) is 0 Å². The van der Waals surface area contributed by atoms with E-state index in [1.54, 1.807) is 0 Å². The molecule has 0 aromatic heterocycles. The second kappa shape index (κ2) is 62.6. The molecule has 0 bridgehead atoms. The quantitative estimate of drug-likeness (QED) is 0.0261. The minimum atomic E-state index is -0.826. The number of unbranched alkanes of at least 4 members (excludes halogenated alkanes) is 16. The summed E-state index contributed by atoms with van der Waals surface area (Å²) in [5, 5.41) is 0. The normalized spacial score (nSPS) is 13.2. The standard InChI is InChI=1S/C70H110O6/c1-4-7-10-13-16-19-22-24-25-26-27-28-29-30-31-32-33-34-35-36-37-38-39-40-41-42-43-44-45-47-48-51-54-57-60-63-69(72)75-66-67(65-74-68(71)62-59-56-53-50-21-18-15-12-9-6-3)76-70(73)64-61-58-55-52-49-46-23-20-17-14-11-8-5-2/h7-8,10-12,15-17,19-20,24-25,27-28,30-31,33-34,36-37,39-40,46,49,55,58,67H,4-6,9,13-14,18,21-23,26,29,32,35,38,41-45,47-48,50-54,56-57,59-66H2,1-3H3/b10-7-,11-8-,15-12-,19-16-,20-17-,25-24-,28-27-,31-30-,34-33-,37-36-,40-39-,49-46-,58-55-. The van der Waals surface area contributed by atoms with E-state index in [2.05, 4.69) is 167 Å². The summed E-state index contributed by atoms with van der Waals surface area (Å²) in [5.41, 5.74) is 0. The highest BCUT2D eigenvalue weighted by atomic mass is 16.6. The van der Waals surface area contributed by atoms with E-state index in [4.69, 9.17) is 14.2 Å². The fourth-order valence-electron chi connectivity index (χ4n) is 7.77. The summed E-state index contributed by atoms with van der Waals surface area (Å²) in [6.07, 6.45) is 91.4. The fourth-order valence-corrected chi connectivity index (χ4v) is 7.77. The molecule has 0 aromatic carbocycles. The summed E-state index contributed by atoms with van der Waals surface area (Å²) >= 11 is 0. The third-order valence-corrected chi connectivity index (χ3v) is 12.2. The van der Waals surface area contributed by atoms with E-state index in [9.17, 15) is 14.4 Å². The summed E-state index contributed by atoms with van der Waals surface area (Å²) in [7, 11) is 0. The molecule has 0 saturated heterocycles. The maximum absolute atomic E-state index is 12.8. The lowest BCUT2D eigenvalue weighted by Gasteiger charge is -2.18. The Balaban J connectivity index is 4.20. The van der Waals surface area contributed by atoms with Gasteiger partial charge >= 0.3 is 17.9 Å². The highest BCUT2D eigenvalue weighted by Crippen LogP contribution is 2.14. The lowest BCUT2D eigenvalue weighted by molar-refractivity contribution is -0.166. The minimum Gasteiger partial charge on any atom is -0.462 e. The zero-order valence-electron chi connectivity index (χ0n) is 48.7. The zero-order valence-corrected chi connectivity index (χ0v) is 48.7. The van der Waals surface area contributed by atoms with Crippen molar-refractivity contribution in [2.45, 2.75) is 252 Å². The van der Waals surface area contributed by atoms with Gasteiger partial charge in [-0.2, -0.15) is 0 Å². The largest absolute Gasteiger partial charge is 0.462 e. The van der Waals surface area contributed by atoms with E-state index in [1.807, 2.05) is 12.2 Å². The van der Waals surface area contributed by atoms with Crippen LogP contribution >= 0.6 is 0 Å². The summed E-state index contributed by atoms with van der Waals surface area (Å²) in [6.45, 7) is 6.26. The number of hydrogen-bond acceptors (Lipinski definition) is 6. The number of esters is 3. The Morgan fingerprint density at radius 3 is 0.868 bits per heavy atom. The van der Waals surface area contributed by atoms with Crippen LogP contribution in [-0.2, 0) is 28.6 Å². The van der Waals surface area contributed by atoms with E-state index in [0.29, 0.717) is 19.3 Å². The lowest BCUT2D eigenvalue weighted by atomic mass is 10.1. The first-order chi connectivity index (χ1) is 37.5. The lowest BCUT2D eigenvalue weighted by Crippen LogP contribution is -2.30. The van der Waals surface area contributed by atoms with Crippen molar-refractivity contribution >= 4 is 17.9 Å². The van der Waals surface area contributed by atoms with Gasteiger partial charge in [0.15, 0.2) is 6.10 Å². The third kappa shape index (κ3) is 59.9. The molecule has 426 valence electrons. The first-order valence-electron chi connectivity index (χ1n) is 30.5. The molecule has 6 heteroatoms. The molecule has 1 atom stereocenters. The fraction of sp³-hybridized carbons (Fsp3) is 0.586. The van der Waals surface area contributed by atoms with Crippen LogP contribution in [0.15, 0.2) is 158 Å². The Bertz CT molecular complexity index is 1720. The number of allylic oxidation sites excluding steroid dienone is 26. The molecule has 0 fully saturated rings. The van der Waals surface area contributed by atoms with Gasteiger partial charge in [0, 0.05) is 19.3 Å². The van der Waals surface area contributed by atoms with E-state index < -0.39 is 12.1 Å². The van der Waals surface area contributed by atoms with Gasteiger partial charge in [0.25, 0.3) is 0 Å². The van der Waals surface area contributed by atoms with Gasteiger partial charge in [-0.25, -0.2) is 0 Å². The molecular formula is C70H110O6. The third-order valence-electron chi connectivity index (χ3n) is 12.2. The van der Waals surface area contributed by atoms with E-state index in [1.165, 1.54) is 57.8 Å². The average Bonchev–Trinajstić information content (AvgIpc) is 3.42. The molecule has 0 aliphatic heterocycles. The number of carbonyl (C=O) groups is 3. The van der Waals surface area contributed by atoms with Gasteiger partial charge in [-0.3, -0.25) is 14.4 Å². The summed E-state index contributed by atoms with van der Waals surface area (Å²) in [6, 6.07) is 0. The molecule has 0 aromatic rings. The molecule has 76 heavy (non-hydrogen) atoms. The van der Waals surface area contributed by atoms with Crippen LogP contribution in [0.1, 0.15) is 245 Å². The van der Waals surface area contributed by atoms with Crippen LogP contribution in [0.3, 0.4) is 0 Å². The molecule has 0 amide bonds. The molecule has 0 saturated carbocycles. The van der Waals surface area contributed by atoms with Crippen LogP contribution < -0.4 is 0 Å². The number of carbonyl (C=O) groups excluding carboxylic acids is 3. The SMILES string of the molecule is CC/C=C\C/C=C\C/C=C\C/C=C\C/C=C\C/C=C\C/C=C\C/C=C\CCCCCCCCCCCCC(=O)OCC(COC(=O)CCCCCCC/C=C\CCC)OC(=O)CC/C=C\C/C=C\C/C=C\C/C=C\CC. The van der Waals surface area contributed by atoms with E-state index in [-0.39, 0.29) is 31.6 Å². The Hall–Kier alpha value is -4.97. The van der Waals surface area contributed by atoms with Crippen molar-refractivity contribution < 1.29 is 28.6 Å². The predicted molar refractivity (Wildman–Crippen MR) is 329 cm³/mol.